The Kier molecular flexibility index (Phi) is 3.21. The third kappa shape index (κ3) is 2.46. The van der Waals surface area contributed by atoms with Crippen molar-refractivity contribution in [3.63, 3.8) is 0 Å². The molecule has 3 nitrogen and oxygen atoms in total. The maximum absolute atomic E-state index is 12.6. The number of carbonyl (C=O) groups is 1. The lowest BCUT2D eigenvalue weighted by Crippen LogP contribution is -2.24. The Hall–Kier alpha value is -1.16. The van der Waals surface area contributed by atoms with Gasteiger partial charge in [-0.05, 0) is 37.2 Å². The third-order valence-electron chi connectivity index (χ3n) is 4.42. The van der Waals surface area contributed by atoms with Gasteiger partial charge in [0.1, 0.15) is 0 Å². The zero-order valence-corrected chi connectivity index (χ0v) is 11.7. The van der Waals surface area contributed by atoms with Gasteiger partial charge in [0.05, 0.1) is 11.5 Å². The van der Waals surface area contributed by atoms with Crippen LogP contribution >= 0.6 is 0 Å². The quantitative estimate of drug-likeness (QED) is 0.740. The summed E-state index contributed by atoms with van der Waals surface area (Å²) in [6.07, 6.45) is 3.39. The highest BCUT2D eigenvalue weighted by Crippen LogP contribution is 2.34. The van der Waals surface area contributed by atoms with E-state index < -0.39 is 9.84 Å². The molecule has 19 heavy (non-hydrogen) atoms. The number of rotatable bonds is 1. The Labute approximate surface area is 113 Å². The number of carbonyl (C=O) groups excluding carboxylic acids is 1. The van der Waals surface area contributed by atoms with Gasteiger partial charge in [0, 0.05) is 11.5 Å². The third-order valence-corrected chi connectivity index (χ3v) is 6.21. The van der Waals surface area contributed by atoms with Gasteiger partial charge in [-0.1, -0.05) is 24.3 Å². The first-order valence-corrected chi connectivity index (χ1v) is 8.71. The summed E-state index contributed by atoms with van der Waals surface area (Å²) in [7, 11) is -2.91. The minimum absolute atomic E-state index is 0.0312. The number of aryl methyl sites for hydroxylation is 1. The molecule has 1 saturated heterocycles. The van der Waals surface area contributed by atoms with E-state index in [2.05, 4.69) is 0 Å². The Bertz CT molecular complexity index is 604. The summed E-state index contributed by atoms with van der Waals surface area (Å²) >= 11 is 0. The predicted molar refractivity (Wildman–Crippen MR) is 74.0 cm³/mol. The number of benzene rings is 1. The molecular weight excluding hydrogens is 260 g/mol. The molecule has 1 heterocycles. The largest absolute Gasteiger partial charge is 0.294 e. The molecule has 102 valence electrons. The van der Waals surface area contributed by atoms with Crippen molar-refractivity contribution < 1.29 is 13.2 Å². The van der Waals surface area contributed by atoms with Gasteiger partial charge in [0.25, 0.3) is 0 Å². The average Bonchev–Trinajstić information content (AvgIpc) is 2.65. The minimum Gasteiger partial charge on any atom is -0.294 e. The van der Waals surface area contributed by atoms with Gasteiger partial charge >= 0.3 is 0 Å². The van der Waals surface area contributed by atoms with Crippen LogP contribution in [-0.4, -0.2) is 25.7 Å². The van der Waals surface area contributed by atoms with Crippen molar-refractivity contribution in [1.29, 1.82) is 0 Å². The Morgan fingerprint density at radius 2 is 1.89 bits per heavy atom. The van der Waals surface area contributed by atoms with Crippen molar-refractivity contribution in [2.24, 2.45) is 11.8 Å². The highest BCUT2D eigenvalue weighted by Gasteiger charge is 2.38. The molecule has 0 spiro atoms. The number of sulfone groups is 1. The summed E-state index contributed by atoms with van der Waals surface area (Å²) in [5, 5.41) is 0. The average molecular weight is 278 g/mol. The molecule has 2 atom stereocenters. The normalized spacial score (nSPS) is 29.8. The molecule has 3 rings (SSSR count). The van der Waals surface area contributed by atoms with E-state index in [0.29, 0.717) is 6.42 Å². The highest BCUT2D eigenvalue weighted by molar-refractivity contribution is 7.91. The van der Waals surface area contributed by atoms with Crippen molar-refractivity contribution in [3.05, 3.63) is 35.4 Å². The molecule has 2 unspecified atom stereocenters. The van der Waals surface area contributed by atoms with Crippen LogP contribution in [0, 0.1) is 11.8 Å². The van der Waals surface area contributed by atoms with E-state index in [4.69, 9.17) is 0 Å². The summed E-state index contributed by atoms with van der Waals surface area (Å²) in [6, 6.07) is 7.76. The SMILES string of the molecule is O=C1c2ccccc2CCCC1C1CCS(=O)(=O)C1. The fourth-order valence-corrected chi connectivity index (χ4v) is 5.29. The first-order valence-electron chi connectivity index (χ1n) is 6.89. The van der Waals surface area contributed by atoms with E-state index in [1.807, 2.05) is 24.3 Å². The molecule has 1 aliphatic carbocycles. The van der Waals surface area contributed by atoms with Gasteiger partial charge in [-0.15, -0.1) is 0 Å². The zero-order valence-electron chi connectivity index (χ0n) is 10.8. The van der Waals surface area contributed by atoms with Crippen LogP contribution in [0.1, 0.15) is 35.2 Å². The number of fused-ring (bicyclic) bond motifs is 1. The summed E-state index contributed by atoms with van der Waals surface area (Å²) in [5.41, 5.74) is 1.94. The van der Waals surface area contributed by atoms with Crippen molar-refractivity contribution in [3.8, 4) is 0 Å². The van der Waals surface area contributed by atoms with Crippen molar-refractivity contribution in [2.75, 3.05) is 11.5 Å². The van der Waals surface area contributed by atoms with E-state index in [-0.39, 0.29) is 29.1 Å². The van der Waals surface area contributed by atoms with Gasteiger partial charge in [-0.3, -0.25) is 4.79 Å². The molecule has 4 heteroatoms. The van der Waals surface area contributed by atoms with Crippen LogP contribution in [0.2, 0.25) is 0 Å². The number of ketones is 1. The smallest absolute Gasteiger partial charge is 0.166 e. The molecule has 0 radical (unpaired) electrons. The molecule has 0 amide bonds. The van der Waals surface area contributed by atoms with Gasteiger partial charge in [-0.25, -0.2) is 8.42 Å². The minimum atomic E-state index is -2.91. The zero-order chi connectivity index (χ0) is 13.5. The summed E-state index contributed by atoms with van der Waals surface area (Å²) < 4.78 is 23.2. The molecule has 1 aromatic carbocycles. The molecule has 0 bridgehead atoms. The lowest BCUT2D eigenvalue weighted by molar-refractivity contribution is 0.0875. The molecule has 1 aromatic rings. The summed E-state index contributed by atoms with van der Waals surface area (Å²) in [6.45, 7) is 0. The molecule has 0 aromatic heterocycles. The van der Waals surface area contributed by atoms with E-state index in [9.17, 15) is 13.2 Å². The second-order valence-corrected chi connectivity index (χ2v) is 7.91. The van der Waals surface area contributed by atoms with E-state index >= 15 is 0 Å². The molecule has 1 fully saturated rings. The van der Waals surface area contributed by atoms with Crippen LogP contribution in [0.4, 0.5) is 0 Å². The van der Waals surface area contributed by atoms with E-state index in [1.165, 1.54) is 0 Å². The Morgan fingerprint density at radius 1 is 1.11 bits per heavy atom. The Balaban J connectivity index is 1.90. The van der Waals surface area contributed by atoms with Gasteiger partial charge < -0.3 is 0 Å². The van der Waals surface area contributed by atoms with E-state index in [1.54, 1.807) is 0 Å². The van der Waals surface area contributed by atoms with Crippen molar-refractivity contribution in [1.82, 2.24) is 0 Å². The monoisotopic (exact) mass is 278 g/mol. The summed E-state index contributed by atoms with van der Waals surface area (Å²) in [5.74, 6) is 0.550. The molecule has 0 N–H and O–H groups in total. The predicted octanol–water partition coefficient (Wildman–Crippen LogP) is 2.26. The maximum atomic E-state index is 12.6. The lowest BCUT2D eigenvalue weighted by atomic mass is 9.83. The van der Waals surface area contributed by atoms with Crippen molar-refractivity contribution >= 4 is 15.6 Å². The van der Waals surface area contributed by atoms with Crippen LogP contribution in [0.25, 0.3) is 0 Å². The van der Waals surface area contributed by atoms with Crippen LogP contribution < -0.4 is 0 Å². The second kappa shape index (κ2) is 4.75. The van der Waals surface area contributed by atoms with Crippen LogP contribution in [0.5, 0.6) is 0 Å². The van der Waals surface area contributed by atoms with Crippen molar-refractivity contribution in [2.45, 2.75) is 25.7 Å². The second-order valence-electron chi connectivity index (χ2n) is 5.68. The fourth-order valence-electron chi connectivity index (χ4n) is 3.41. The lowest BCUT2D eigenvalue weighted by Gasteiger charge is -2.19. The number of Topliss-reactive ketones (excluding diaryl/α,β-unsaturated/α-hetero) is 1. The molecule has 2 aliphatic rings. The fraction of sp³-hybridized carbons (Fsp3) is 0.533. The number of hydrogen-bond acceptors (Lipinski definition) is 3. The standard InChI is InChI=1S/C15H18O3S/c16-15-13-6-2-1-4-11(13)5-3-7-14(15)12-8-9-19(17,18)10-12/h1-2,4,6,12,14H,3,5,7-10H2. The van der Waals surface area contributed by atoms with Gasteiger partial charge in [0.2, 0.25) is 0 Å². The van der Waals surface area contributed by atoms with E-state index in [0.717, 1.165) is 30.4 Å². The van der Waals surface area contributed by atoms with Crippen LogP contribution in [0.3, 0.4) is 0 Å². The van der Waals surface area contributed by atoms with Gasteiger partial charge in [-0.2, -0.15) is 0 Å². The number of hydrogen-bond donors (Lipinski definition) is 0. The first kappa shape index (κ1) is 12.9. The highest BCUT2D eigenvalue weighted by atomic mass is 32.2. The van der Waals surface area contributed by atoms with Gasteiger partial charge in [0.15, 0.2) is 15.6 Å². The first-order chi connectivity index (χ1) is 9.07. The van der Waals surface area contributed by atoms with Crippen LogP contribution in [-0.2, 0) is 16.3 Å². The summed E-state index contributed by atoms with van der Waals surface area (Å²) in [4.78, 5) is 12.6. The Morgan fingerprint density at radius 3 is 2.63 bits per heavy atom. The van der Waals surface area contributed by atoms with Crippen LogP contribution in [0.15, 0.2) is 24.3 Å². The molecule has 1 aliphatic heterocycles. The maximum Gasteiger partial charge on any atom is 0.166 e. The topological polar surface area (TPSA) is 51.2 Å². The molecule has 0 saturated carbocycles. The molecular formula is C15H18O3S.